The molecule has 0 radical (unpaired) electrons. The van der Waals surface area contributed by atoms with E-state index in [2.05, 4.69) is 11.1 Å². The zero-order chi connectivity index (χ0) is 15.4. The van der Waals surface area contributed by atoms with E-state index in [1.54, 1.807) is 12.3 Å². The third-order valence-corrected chi connectivity index (χ3v) is 5.24. The Morgan fingerprint density at radius 3 is 2.43 bits per heavy atom. The molecule has 0 saturated carbocycles. The molecule has 118 valence electrons. The van der Waals surface area contributed by atoms with Crippen LogP contribution in [0.1, 0.15) is 72.6 Å². The van der Waals surface area contributed by atoms with Gasteiger partial charge in [0, 0.05) is 17.8 Å². The van der Waals surface area contributed by atoms with Crippen molar-refractivity contribution >= 4 is 0 Å². The summed E-state index contributed by atoms with van der Waals surface area (Å²) in [5.74, 6) is 0. The van der Waals surface area contributed by atoms with E-state index in [9.17, 15) is 5.21 Å². The topological polar surface area (TPSA) is 58.3 Å². The van der Waals surface area contributed by atoms with E-state index >= 15 is 0 Å². The molecule has 0 amide bonds. The molecule has 2 aromatic heterocycles. The van der Waals surface area contributed by atoms with Crippen molar-refractivity contribution in [1.29, 1.82) is 0 Å². The van der Waals surface area contributed by atoms with Crippen molar-refractivity contribution < 1.29 is 14.2 Å². The fourth-order valence-electron chi connectivity index (χ4n) is 4.22. The summed E-state index contributed by atoms with van der Waals surface area (Å²) < 4.78 is 12.2. The Kier molecular flexibility index (Phi) is 2.93. The maximum atomic E-state index is 11.3. The van der Waals surface area contributed by atoms with Crippen LogP contribution in [-0.4, -0.2) is 4.98 Å². The van der Waals surface area contributed by atoms with Crippen LogP contribution in [0.15, 0.2) is 36.7 Å². The van der Waals surface area contributed by atoms with E-state index in [1.807, 2.05) is 18.3 Å². The first-order valence-electron chi connectivity index (χ1n) is 8.29. The molecule has 0 N–H and O–H groups in total. The average Bonchev–Trinajstić information content (AvgIpc) is 3.36. The van der Waals surface area contributed by atoms with Crippen LogP contribution in [0.2, 0.25) is 0 Å². The Bertz CT molecular complexity index is 735. The Hall–Kier alpha value is -1.98. The minimum atomic E-state index is 0.0729. The quantitative estimate of drug-likeness (QED) is 0.554. The van der Waals surface area contributed by atoms with Gasteiger partial charge in [-0.25, -0.2) is 0 Å². The van der Waals surface area contributed by atoms with E-state index in [0.717, 1.165) is 35.3 Å². The van der Waals surface area contributed by atoms with Crippen molar-refractivity contribution in [2.45, 2.75) is 50.1 Å². The second-order valence-electron chi connectivity index (χ2n) is 6.53. The van der Waals surface area contributed by atoms with E-state index in [0.29, 0.717) is 12.2 Å². The molecule has 4 aliphatic rings. The summed E-state index contributed by atoms with van der Waals surface area (Å²) in [4.78, 5) is 4.32. The lowest BCUT2D eigenvalue weighted by atomic mass is 9.96. The molecule has 6 rings (SSSR count). The minimum Gasteiger partial charge on any atom is -0.618 e. The van der Waals surface area contributed by atoms with Crippen LogP contribution in [0.25, 0.3) is 0 Å². The van der Waals surface area contributed by atoms with Crippen LogP contribution < -0.4 is 4.73 Å². The SMILES string of the molecule is [O-][n+]1cccc2c1C1CCC2O1.c1cnc2c(c1)C1CCC2O1. The van der Waals surface area contributed by atoms with E-state index in [1.165, 1.54) is 17.7 Å². The highest BCUT2D eigenvalue weighted by molar-refractivity contribution is 5.31. The van der Waals surface area contributed by atoms with Crippen LogP contribution in [0.3, 0.4) is 0 Å². The Morgan fingerprint density at radius 2 is 1.61 bits per heavy atom. The number of rotatable bonds is 0. The van der Waals surface area contributed by atoms with Crippen LogP contribution in [-0.2, 0) is 9.47 Å². The zero-order valence-electron chi connectivity index (χ0n) is 12.7. The smallest absolute Gasteiger partial charge is 0.227 e. The summed E-state index contributed by atoms with van der Waals surface area (Å²) >= 11 is 0. The van der Waals surface area contributed by atoms with Crippen molar-refractivity contribution in [1.82, 2.24) is 4.98 Å². The van der Waals surface area contributed by atoms with Gasteiger partial charge in [0.05, 0.1) is 23.5 Å². The van der Waals surface area contributed by atoms with Crippen molar-refractivity contribution in [2.24, 2.45) is 0 Å². The second kappa shape index (κ2) is 5.01. The molecule has 6 heterocycles. The molecule has 4 aliphatic heterocycles. The molecule has 0 aliphatic carbocycles. The summed E-state index contributed by atoms with van der Waals surface area (Å²) in [6.45, 7) is 0. The molecule has 23 heavy (non-hydrogen) atoms. The number of pyridine rings is 2. The van der Waals surface area contributed by atoms with Gasteiger partial charge in [-0.05, 0) is 37.8 Å². The number of nitrogens with zero attached hydrogens (tertiary/aromatic N) is 2. The second-order valence-corrected chi connectivity index (χ2v) is 6.53. The van der Waals surface area contributed by atoms with Gasteiger partial charge in [0.1, 0.15) is 12.2 Å². The molecule has 2 saturated heterocycles. The molecule has 5 nitrogen and oxygen atoms in total. The molecule has 2 fully saturated rings. The van der Waals surface area contributed by atoms with E-state index < -0.39 is 0 Å². The molecule has 0 aromatic carbocycles. The molecule has 4 atom stereocenters. The number of aromatic nitrogens is 2. The minimum absolute atomic E-state index is 0.0729. The van der Waals surface area contributed by atoms with Crippen LogP contribution in [0, 0.1) is 5.21 Å². The summed E-state index contributed by atoms with van der Waals surface area (Å²) in [5.41, 5.74) is 4.45. The first kappa shape index (κ1) is 13.5. The largest absolute Gasteiger partial charge is 0.618 e. The van der Waals surface area contributed by atoms with Crippen molar-refractivity contribution in [2.75, 3.05) is 0 Å². The van der Waals surface area contributed by atoms with Gasteiger partial charge >= 0.3 is 0 Å². The summed E-state index contributed by atoms with van der Waals surface area (Å²) in [6.07, 6.45) is 8.77. The van der Waals surface area contributed by atoms with Crippen molar-refractivity contribution in [3.05, 3.63) is 64.4 Å². The molecular formula is C18H18N2O3. The maximum absolute atomic E-state index is 11.3. The third kappa shape index (κ3) is 2.00. The number of fused-ring (bicyclic) bond motifs is 10. The van der Waals surface area contributed by atoms with Crippen molar-refractivity contribution in [3.63, 3.8) is 0 Å². The fourth-order valence-corrected chi connectivity index (χ4v) is 4.22. The number of hydrogen-bond acceptors (Lipinski definition) is 4. The Morgan fingerprint density at radius 1 is 0.913 bits per heavy atom. The zero-order valence-corrected chi connectivity index (χ0v) is 12.7. The molecule has 2 aromatic rings. The molecule has 4 unspecified atom stereocenters. The summed E-state index contributed by atoms with van der Waals surface area (Å²) in [6, 6.07) is 7.90. The van der Waals surface area contributed by atoms with Gasteiger partial charge in [0.2, 0.25) is 5.69 Å². The van der Waals surface area contributed by atoms with Gasteiger partial charge in [-0.1, -0.05) is 6.07 Å². The lowest BCUT2D eigenvalue weighted by Crippen LogP contribution is -2.33. The fraction of sp³-hybridized carbons (Fsp3) is 0.444. The number of ether oxygens (including phenoxy) is 2. The summed E-state index contributed by atoms with van der Waals surface area (Å²) in [5, 5.41) is 11.3. The van der Waals surface area contributed by atoms with Gasteiger partial charge in [-0.15, -0.1) is 0 Å². The molecular weight excluding hydrogens is 292 g/mol. The molecule has 4 bridgehead atoms. The number of hydrogen-bond donors (Lipinski definition) is 0. The first-order chi connectivity index (χ1) is 11.3. The van der Waals surface area contributed by atoms with Gasteiger partial charge < -0.3 is 14.7 Å². The standard InChI is InChI=1S/C9H9NO2.C9H9NO/c11-10-5-1-2-6-7-3-4-8(12-7)9(6)10;1-2-6-7-3-4-8(11-7)9(6)10-5-1/h1-2,5,7-8H,3-4H2;1-2,5,7-8H,3-4H2. The van der Waals surface area contributed by atoms with Crippen LogP contribution in [0.5, 0.6) is 0 Å². The third-order valence-electron chi connectivity index (χ3n) is 5.24. The van der Waals surface area contributed by atoms with E-state index in [-0.39, 0.29) is 12.2 Å². The highest BCUT2D eigenvalue weighted by Gasteiger charge is 2.43. The Labute approximate surface area is 134 Å². The van der Waals surface area contributed by atoms with Gasteiger partial charge in [-0.3, -0.25) is 4.98 Å². The lowest BCUT2D eigenvalue weighted by molar-refractivity contribution is -0.617. The highest BCUT2D eigenvalue weighted by atomic mass is 16.5. The average molecular weight is 310 g/mol. The lowest BCUT2D eigenvalue weighted by Gasteiger charge is -2.09. The van der Waals surface area contributed by atoms with E-state index in [4.69, 9.17) is 9.47 Å². The monoisotopic (exact) mass is 310 g/mol. The molecule has 5 heteroatoms. The Balaban J connectivity index is 0.000000106. The summed E-state index contributed by atoms with van der Waals surface area (Å²) in [7, 11) is 0. The molecule has 0 spiro atoms. The first-order valence-corrected chi connectivity index (χ1v) is 8.29. The van der Waals surface area contributed by atoms with Crippen LogP contribution in [0.4, 0.5) is 0 Å². The maximum Gasteiger partial charge on any atom is 0.227 e. The highest BCUT2D eigenvalue weighted by Crippen LogP contribution is 2.49. The van der Waals surface area contributed by atoms with Gasteiger partial charge in [0.25, 0.3) is 0 Å². The predicted molar refractivity (Wildman–Crippen MR) is 81.2 cm³/mol. The van der Waals surface area contributed by atoms with Gasteiger partial charge in [-0.2, -0.15) is 4.73 Å². The normalized spacial score (nSPS) is 31.5. The van der Waals surface area contributed by atoms with Crippen LogP contribution >= 0.6 is 0 Å². The van der Waals surface area contributed by atoms with Gasteiger partial charge in [0.15, 0.2) is 6.20 Å². The van der Waals surface area contributed by atoms with Crippen molar-refractivity contribution in [3.8, 4) is 0 Å². The predicted octanol–water partition coefficient (Wildman–Crippen LogP) is 3.21.